The maximum atomic E-state index is 11.1. The fourth-order valence-corrected chi connectivity index (χ4v) is 2.03. The molecule has 0 atom stereocenters. The average molecular weight is 275 g/mol. The van der Waals surface area contributed by atoms with Gasteiger partial charge in [-0.2, -0.15) is 0 Å². The number of carboxylic acid groups (broad SMARTS) is 1. The van der Waals surface area contributed by atoms with Crippen LogP contribution in [0.5, 0.6) is 0 Å². The number of aliphatic hydroxyl groups is 1. The van der Waals surface area contributed by atoms with Crippen molar-refractivity contribution in [3.05, 3.63) is 46.8 Å². The zero-order valence-electron chi connectivity index (χ0n) is 11.3. The first-order valence-electron chi connectivity index (χ1n) is 6.50. The number of aromatic carboxylic acids is 1. The number of benzene rings is 1. The molecule has 2 aromatic rings. The average Bonchev–Trinajstić information content (AvgIpc) is 2.83. The Bertz CT molecular complexity index is 590. The number of rotatable bonds is 6. The molecule has 0 amide bonds. The number of carboxylic acids is 1. The van der Waals surface area contributed by atoms with E-state index in [1.165, 1.54) is 0 Å². The molecule has 0 fully saturated rings. The highest BCUT2D eigenvalue weighted by atomic mass is 16.4. The van der Waals surface area contributed by atoms with Crippen LogP contribution < -0.4 is 0 Å². The fraction of sp³-hybridized carbons (Fsp3) is 0.357. The largest absolute Gasteiger partial charge is 0.476 e. The Kier molecular flexibility index (Phi) is 4.47. The van der Waals surface area contributed by atoms with Gasteiger partial charge in [-0.25, -0.2) is 9.48 Å². The van der Waals surface area contributed by atoms with Crippen molar-refractivity contribution < 1.29 is 15.0 Å². The minimum Gasteiger partial charge on any atom is -0.476 e. The minimum absolute atomic E-state index is 0.00779. The molecule has 1 aromatic carbocycles. The lowest BCUT2D eigenvalue weighted by molar-refractivity contribution is 0.0689. The third kappa shape index (κ3) is 3.03. The number of aromatic nitrogens is 3. The lowest BCUT2D eigenvalue weighted by atomic mass is 10.1. The lowest BCUT2D eigenvalue weighted by Crippen LogP contribution is -2.09. The number of aliphatic hydroxyl groups excluding tert-OH is 1. The number of hydrogen-bond donors (Lipinski definition) is 2. The van der Waals surface area contributed by atoms with Crippen LogP contribution in [-0.4, -0.2) is 31.2 Å². The van der Waals surface area contributed by atoms with Gasteiger partial charge in [0.2, 0.25) is 0 Å². The van der Waals surface area contributed by atoms with Crippen LogP contribution in [0.4, 0.5) is 0 Å². The lowest BCUT2D eigenvalue weighted by Gasteiger charge is -2.07. The summed E-state index contributed by atoms with van der Waals surface area (Å²) in [7, 11) is 0. The fourth-order valence-electron chi connectivity index (χ4n) is 2.03. The Morgan fingerprint density at radius 1 is 1.25 bits per heavy atom. The van der Waals surface area contributed by atoms with Crippen molar-refractivity contribution in [3.8, 4) is 0 Å². The number of carbonyl (C=O) groups is 1. The van der Waals surface area contributed by atoms with Gasteiger partial charge in [0.25, 0.3) is 0 Å². The topological polar surface area (TPSA) is 88.2 Å². The summed E-state index contributed by atoms with van der Waals surface area (Å²) in [5, 5.41) is 25.8. The second-order valence-electron chi connectivity index (χ2n) is 4.57. The summed E-state index contributed by atoms with van der Waals surface area (Å²) in [4.78, 5) is 11.1. The number of nitrogens with zero attached hydrogens (tertiary/aromatic N) is 3. The standard InChI is InChI=1S/C14H17N3O3/c1-2-3-12-13(14(19)20)15-16-17(12)8-10-4-6-11(9-18)7-5-10/h4-7,18H,2-3,8-9H2,1H3,(H,19,20). The van der Waals surface area contributed by atoms with Crippen molar-refractivity contribution >= 4 is 5.97 Å². The van der Waals surface area contributed by atoms with Gasteiger partial charge >= 0.3 is 5.97 Å². The molecule has 106 valence electrons. The molecule has 0 saturated heterocycles. The summed E-state index contributed by atoms with van der Waals surface area (Å²) < 4.78 is 1.63. The Hall–Kier alpha value is -2.21. The van der Waals surface area contributed by atoms with E-state index in [9.17, 15) is 4.79 Å². The van der Waals surface area contributed by atoms with Crippen LogP contribution >= 0.6 is 0 Å². The first kappa shape index (κ1) is 14.2. The van der Waals surface area contributed by atoms with Gasteiger partial charge in [-0.1, -0.05) is 42.8 Å². The molecule has 1 aromatic heterocycles. The molecule has 0 aliphatic rings. The van der Waals surface area contributed by atoms with Crippen LogP contribution in [0.15, 0.2) is 24.3 Å². The Labute approximate surface area is 116 Å². The highest BCUT2D eigenvalue weighted by Crippen LogP contribution is 2.12. The summed E-state index contributed by atoms with van der Waals surface area (Å²) in [5.41, 5.74) is 2.50. The van der Waals surface area contributed by atoms with Crippen LogP contribution in [0.25, 0.3) is 0 Å². The van der Waals surface area contributed by atoms with Crippen LogP contribution in [0, 0.1) is 0 Å². The van der Waals surface area contributed by atoms with E-state index in [0.717, 1.165) is 17.5 Å². The van der Waals surface area contributed by atoms with Gasteiger partial charge in [-0.15, -0.1) is 5.10 Å². The molecular formula is C14H17N3O3. The zero-order valence-corrected chi connectivity index (χ0v) is 11.3. The maximum Gasteiger partial charge on any atom is 0.358 e. The SMILES string of the molecule is CCCc1c(C(=O)O)nnn1Cc1ccc(CO)cc1. The van der Waals surface area contributed by atoms with Crippen molar-refractivity contribution in [2.24, 2.45) is 0 Å². The van der Waals surface area contributed by atoms with Gasteiger partial charge < -0.3 is 10.2 Å². The van der Waals surface area contributed by atoms with Crippen LogP contribution in [0.3, 0.4) is 0 Å². The molecule has 0 saturated carbocycles. The smallest absolute Gasteiger partial charge is 0.358 e. The molecule has 2 rings (SSSR count). The van der Waals surface area contributed by atoms with E-state index in [1.54, 1.807) is 4.68 Å². The molecule has 6 heteroatoms. The molecule has 1 heterocycles. The summed E-state index contributed by atoms with van der Waals surface area (Å²) >= 11 is 0. The first-order chi connectivity index (χ1) is 9.65. The van der Waals surface area contributed by atoms with E-state index in [2.05, 4.69) is 10.3 Å². The highest BCUT2D eigenvalue weighted by molar-refractivity contribution is 5.86. The van der Waals surface area contributed by atoms with Crippen molar-refractivity contribution in [2.75, 3.05) is 0 Å². The Morgan fingerprint density at radius 2 is 1.90 bits per heavy atom. The molecule has 0 bridgehead atoms. The normalized spacial score (nSPS) is 10.7. The summed E-state index contributed by atoms with van der Waals surface area (Å²) in [6.45, 7) is 2.47. The molecule has 0 aliphatic heterocycles. The van der Waals surface area contributed by atoms with Gasteiger partial charge in [0.15, 0.2) is 5.69 Å². The Morgan fingerprint density at radius 3 is 2.45 bits per heavy atom. The molecule has 0 aliphatic carbocycles. The predicted octanol–water partition coefficient (Wildman–Crippen LogP) is 1.47. The second-order valence-corrected chi connectivity index (χ2v) is 4.57. The zero-order chi connectivity index (χ0) is 14.5. The van der Waals surface area contributed by atoms with E-state index in [1.807, 2.05) is 31.2 Å². The van der Waals surface area contributed by atoms with Gasteiger partial charge in [0.1, 0.15) is 0 Å². The predicted molar refractivity (Wildman–Crippen MR) is 72.4 cm³/mol. The minimum atomic E-state index is -1.05. The summed E-state index contributed by atoms with van der Waals surface area (Å²) in [6, 6.07) is 7.46. The van der Waals surface area contributed by atoms with Gasteiger partial charge in [-0.05, 0) is 17.5 Å². The molecule has 0 radical (unpaired) electrons. The van der Waals surface area contributed by atoms with Crippen molar-refractivity contribution in [2.45, 2.75) is 32.9 Å². The van der Waals surface area contributed by atoms with E-state index >= 15 is 0 Å². The van der Waals surface area contributed by atoms with Crippen molar-refractivity contribution in [1.29, 1.82) is 0 Å². The van der Waals surface area contributed by atoms with Gasteiger partial charge in [0, 0.05) is 0 Å². The Balaban J connectivity index is 2.25. The highest BCUT2D eigenvalue weighted by Gasteiger charge is 2.18. The molecule has 2 N–H and O–H groups in total. The summed E-state index contributed by atoms with van der Waals surface area (Å²) in [5.74, 6) is -1.05. The van der Waals surface area contributed by atoms with Crippen LogP contribution in [0.1, 0.15) is 40.7 Å². The third-order valence-corrected chi connectivity index (χ3v) is 3.06. The van der Waals surface area contributed by atoms with E-state index in [4.69, 9.17) is 10.2 Å². The number of hydrogen-bond acceptors (Lipinski definition) is 4. The van der Waals surface area contributed by atoms with Crippen molar-refractivity contribution in [1.82, 2.24) is 15.0 Å². The van der Waals surface area contributed by atoms with Crippen LogP contribution in [-0.2, 0) is 19.6 Å². The van der Waals surface area contributed by atoms with Crippen molar-refractivity contribution in [3.63, 3.8) is 0 Å². The summed E-state index contributed by atoms with van der Waals surface area (Å²) in [6.07, 6.45) is 1.46. The molecular weight excluding hydrogens is 258 g/mol. The molecule has 0 spiro atoms. The molecule has 0 unspecified atom stereocenters. The quantitative estimate of drug-likeness (QED) is 0.833. The molecule has 20 heavy (non-hydrogen) atoms. The van der Waals surface area contributed by atoms with Crippen LogP contribution in [0.2, 0.25) is 0 Å². The first-order valence-corrected chi connectivity index (χ1v) is 6.50. The van der Waals surface area contributed by atoms with E-state index < -0.39 is 5.97 Å². The second kappa shape index (κ2) is 6.29. The van der Waals surface area contributed by atoms with E-state index in [0.29, 0.717) is 18.7 Å². The third-order valence-electron chi connectivity index (χ3n) is 3.06. The van der Waals surface area contributed by atoms with Gasteiger partial charge in [-0.3, -0.25) is 0 Å². The maximum absolute atomic E-state index is 11.1. The molecule has 6 nitrogen and oxygen atoms in total. The van der Waals surface area contributed by atoms with E-state index in [-0.39, 0.29) is 12.3 Å². The monoisotopic (exact) mass is 275 g/mol. The van der Waals surface area contributed by atoms with Gasteiger partial charge in [0.05, 0.1) is 18.8 Å².